The Bertz CT molecular complexity index is 2260. The molecule has 0 amide bonds. The van der Waals surface area contributed by atoms with E-state index in [0.717, 1.165) is 116 Å². The maximum absolute atomic E-state index is 12.9. The van der Waals surface area contributed by atoms with Crippen molar-refractivity contribution in [2.75, 3.05) is 39.6 Å². The van der Waals surface area contributed by atoms with E-state index in [0.29, 0.717) is 25.7 Å². The molecule has 0 aromatic rings. The zero-order chi connectivity index (χ0) is 69.5. The van der Waals surface area contributed by atoms with Crippen LogP contribution >= 0.6 is 15.6 Å². The van der Waals surface area contributed by atoms with Crippen molar-refractivity contribution in [2.45, 2.75) is 296 Å². The highest BCUT2D eigenvalue weighted by Gasteiger charge is 2.29. The molecule has 0 saturated carbocycles. The van der Waals surface area contributed by atoms with E-state index in [2.05, 4.69) is 136 Å². The predicted molar refractivity (Wildman–Crippen MR) is 390 cm³/mol. The van der Waals surface area contributed by atoms with Crippen molar-refractivity contribution < 1.29 is 75.8 Å². The number of aliphatic hydroxyl groups is 2. The van der Waals surface area contributed by atoms with Crippen molar-refractivity contribution in [1.82, 2.24) is 0 Å². The number of unbranched alkanes of at least 4 members (excludes halogenated alkanes) is 23. The number of allylic oxidation sites excluding steroid dienone is 22. The van der Waals surface area contributed by atoms with E-state index in [1.54, 1.807) is 0 Å². The second kappa shape index (κ2) is 69.6. The van der Waals surface area contributed by atoms with Crippen molar-refractivity contribution >= 4 is 33.6 Å². The average Bonchev–Trinajstić information content (AvgIpc) is 2.12. The standard InChI is InChI=1S/C77H130O16P2/c1-4-7-10-13-16-19-22-25-27-29-31-32-33-34-35-36-37-38-40-42-43-46-48-51-54-57-60-63-75(80)87-66-72(78)67-89-94(83,84)90-68-73(79)69-91-95(85,86)92-71-74(93-77(82)65-62-59-56-53-50-45-24-21-18-15-12-9-6-3)70-88-76(81)64-61-58-55-52-49-47-44-41-39-30-28-26-23-20-17-14-11-8-5-2/h7-8,10-11,16-17,19-20,25-28,31-32,34-35,39,41,47,49,55,58,72-74,78-79H,4-6,9,12-15,18,21-24,29-30,33,36-38,40,42-46,48,50-54,56-57,59-71H2,1-3H3,(H,83,84)(H,85,86)/b10-7-,11-8-,19-16-,20-17-,27-25-,28-26-,32-31-,35-34-,41-39-,49-47-,58-55-. The van der Waals surface area contributed by atoms with Gasteiger partial charge >= 0.3 is 33.6 Å². The number of ether oxygens (including phenoxy) is 3. The Balaban J connectivity index is 4.58. The number of rotatable bonds is 68. The number of carbonyl (C=O) groups is 3. The highest BCUT2D eigenvalue weighted by atomic mass is 31.2. The molecule has 0 fully saturated rings. The monoisotopic (exact) mass is 1370 g/mol. The Labute approximate surface area is 575 Å². The van der Waals surface area contributed by atoms with E-state index in [-0.39, 0.29) is 19.3 Å². The first-order valence-electron chi connectivity index (χ1n) is 36.5. The van der Waals surface area contributed by atoms with Gasteiger partial charge in [-0.3, -0.25) is 32.5 Å². The topological polar surface area (TPSA) is 231 Å². The maximum Gasteiger partial charge on any atom is 0.472 e. The fourth-order valence-electron chi connectivity index (χ4n) is 9.39. The summed E-state index contributed by atoms with van der Waals surface area (Å²) >= 11 is 0. The molecular formula is C77H130O16P2. The van der Waals surface area contributed by atoms with E-state index in [9.17, 15) is 43.5 Å². The van der Waals surface area contributed by atoms with Crippen molar-refractivity contribution in [3.8, 4) is 0 Å². The minimum absolute atomic E-state index is 0.0443. The van der Waals surface area contributed by atoms with Crippen LogP contribution < -0.4 is 0 Å². The average molecular weight is 1370 g/mol. The van der Waals surface area contributed by atoms with Crippen LogP contribution in [0.5, 0.6) is 0 Å². The molecule has 95 heavy (non-hydrogen) atoms. The van der Waals surface area contributed by atoms with Gasteiger partial charge in [0.25, 0.3) is 0 Å². The maximum atomic E-state index is 12.9. The molecule has 0 heterocycles. The van der Waals surface area contributed by atoms with Crippen LogP contribution in [-0.2, 0) is 55.8 Å². The summed E-state index contributed by atoms with van der Waals surface area (Å²) in [5.41, 5.74) is 0. The van der Waals surface area contributed by atoms with Crippen LogP contribution in [-0.4, -0.2) is 95.9 Å². The van der Waals surface area contributed by atoms with E-state index in [1.165, 1.54) is 96.3 Å². The van der Waals surface area contributed by atoms with Crippen molar-refractivity contribution in [2.24, 2.45) is 0 Å². The zero-order valence-electron chi connectivity index (χ0n) is 59.0. The van der Waals surface area contributed by atoms with Crippen LogP contribution in [0.2, 0.25) is 0 Å². The quantitative estimate of drug-likeness (QED) is 0.0146. The summed E-state index contributed by atoms with van der Waals surface area (Å²) in [6.07, 6.45) is 82.4. The normalized spacial score (nSPS) is 14.9. The Morgan fingerprint density at radius 3 is 0.947 bits per heavy atom. The molecule has 0 aromatic heterocycles. The molecule has 5 atom stereocenters. The Morgan fingerprint density at radius 2 is 0.579 bits per heavy atom. The SMILES string of the molecule is CC/C=C\C/C=C\C/C=C\C/C=C\C/C=C\C/C=C\CCC(=O)OCC(COP(=O)(O)OCC(O)COP(=O)(O)OCC(O)COC(=O)CCCCCCCCCCCCC/C=C\C/C=C\C/C=C\C/C=C\C/C=C\CC)OC(=O)CCCCCCCCCCCCCCC. The van der Waals surface area contributed by atoms with Gasteiger partial charge in [0.1, 0.15) is 25.4 Å². The highest BCUT2D eigenvalue weighted by Crippen LogP contribution is 2.45. The molecule has 16 nitrogen and oxygen atoms in total. The Hall–Kier alpha value is -4.31. The summed E-state index contributed by atoms with van der Waals surface area (Å²) in [5, 5.41) is 20.6. The molecule has 0 aliphatic carbocycles. The first-order chi connectivity index (χ1) is 46.2. The lowest BCUT2D eigenvalue weighted by Crippen LogP contribution is -2.30. The van der Waals surface area contributed by atoms with Crippen molar-refractivity contribution in [1.29, 1.82) is 0 Å². The number of aliphatic hydroxyl groups excluding tert-OH is 2. The van der Waals surface area contributed by atoms with Crippen LogP contribution in [0, 0.1) is 0 Å². The smallest absolute Gasteiger partial charge is 0.463 e. The molecule has 0 radical (unpaired) electrons. The van der Waals surface area contributed by atoms with Gasteiger partial charge in [-0.15, -0.1) is 0 Å². The van der Waals surface area contributed by atoms with Gasteiger partial charge in [0.05, 0.1) is 26.4 Å². The highest BCUT2D eigenvalue weighted by molar-refractivity contribution is 7.47. The van der Waals surface area contributed by atoms with E-state index in [4.69, 9.17) is 32.3 Å². The minimum atomic E-state index is -4.94. The van der Waals surface area contributed by atoms with E-state index < -0.39 is 91.5 Å². The molecule has 544 valence electrons. The Kier molecular flexibility index (Phi) is 66.4. The summed E-state index contributed by atoms with van der Waals surface area (Å²) in [7, 11) is -9.80. The zero-order valence-corrected chi connectivity index (χ0v) is 60.8. The minimum Gasteiger partial charge on any atom is -0.463 e. The van der Waals surface area contributed by atoms with Gasteiger partial charge in [-0.25, -0.2) is 9.13 Å². The second-order valence-electron chi connectivity index (χ2n) is 24.0. The van der Waals surface area contributed by atoms with Crippen LogP contribution in [0.4, 0.5) is 0 Å². The first-order valence-corrected chi connectivity index (χ1v) is 39.5. The number of hydrogen-bond acceptors (Lipinski definition) is 14. The predicted octanol–water partition coefficient (Wildman–Crippen LogP) is 20.8. The lowest BCUT2D eigenvalue weighted by atomic mass is 10.0. The molecule has 0 rings (SSSR count). The van der Waals surface area contributed by atoms with Crippen LogP contribution in [0.15, 0.2) is 134 Å². The van der Waals surface area contributed by atoms with Gasteiger partial charge in [0.2, 0.25) is 0 Å². The van der Waals surface area contributed by atoms with Crippen LogP contribution in [0.25, 0.3) is 0 Å². The summed E-state index contributed by atoms with van der Waals surface area (Å²) in [6, 6.07) is 0. The fraction of sp³-hybridized carbons (Fsp3) is 0.675. The summed E-state index contributed by atoms with van der Waals surface area (Å²) in [4.78, 5) is 58.4. The first kappa shape index (κ1) is 90.7. The molecular weight excluding hydrogens is 1240 g/mol. The van der Waals surface area contributed by atoms with Gasteiger partial charge in [-0.2, -0.15) is 0 Å². The molecule has 18 heteroatoms. The van der Waals surface area contributed by atoms with Gasteiger partial charge in [0, 0.05) is 19.3 Å². The fourth-order valence-corrected chi connectivity index (χ4v) is 11.0. The lowest BCUT2D eigenvalue weighted by molar-refractivity contribution is -0.161. The number of carbonyl (C=O) groups excluding carboxylic acids is 3. The number of phosphoric ester groups is 2. The molecule has 0 aliphatic heterocycles. The largest absolute Gasteiger partial charge is 0.472 e. The summed E-state index contributed by atoms with van der Waals surface area (Å²) < 4.78 is 60.9. The molecule has 4 N–H and O–H groups in total. The van der Waals surface area contributed by atoms with E-state index >= 15 is 0 Å². The number of phosphoric acid groups is 2. The van der Waals surface area contributed by atoms with Gasteiger partial charge in [0.15, 0.2) is 6.10 Å². The Morgan fingerprint density at radius 1 is 0.305 bits per heavy atom. The third-order valence-corrected chi connectivity index (χ3v) is 16.8. The molecule has 0 aromatic carbocycles. The molecule has 5 unspecified atom stereocenters. The molecule has 0 spiro atoms. The van der Waals surface area contributed by atoms with Gasteiger partial charge < -0.3 is 34.2 Å². The van der Waals surface area contributed by atoms with Crippen molar-refractivity contribution in [3.63, 3.8) is 0 Å². The molecule has 0 saturated heterocycles. The van der Waals surface area contributed by atoms with Crippen LogP contribution in [0.1, 0.15) is 278 Å². The number of hydrogen-bond donors (Lipinski definition) is 4. The second-order valence-corrected chi connectivity index (χ2v) is 26.9. The van der Waals surface area contributed by atoms with Gasteiger partial charge in [-0.1, -0.05) is 289 Å². The summed E-state index contributed by atoms with van der Waals surface area (Å²) in [6.45, 7) is 2.35. The molecule has 0 aliphatic rings. The third-order valence-electron chi connectivity index (χ3n) is 14.9. The molecule has 0 bridgehead atoms. The summed E-state index contributed by atoms with van der Waals surface area (Å²) in [5.74, 6) is -1.68. The van der Waals surface area contributed by atoms with E-state index in [1.807, 2.05) is 18.2 Å². The number of esters is 3. The third kappa shape index (κ3) is 70.8. The van der Waals surface area contributed by atoms with Crippen molar-refractivity contribution in [3.05, 3.63) is 134 Å². The van der Waals surface area contributed by atoms with Gasteiger partial charge in [-0.05, 0) is 103 Å². The lowest BCUT2D eigenvalue weighted by Gasteiger charge is -2.21. The van der Waals surface area contributed by atoms with Crippen LogP contribution in [0.3, 0.4) is 0 Å².